The maximum Gasteiger partial charge on any atom is 0.296 e. The molecule has 1 aromatic carbocycles. The topological polar surface area (TPSA) is 83.8 Å². The van der Waals surface area contributed by atoms with Crippen molar-refractivity contribution in [2.24, 2.45) is 0 Å². The van der Waals surface area contributed by atoms with Crippen LogP contribution >= 0.6 is 0 Å². The predicted molar refractivity (Wildman–Crippen MR) is 58.7 cm³/mol. The highest BCUT2D eigenvalue weighted by Crippen LogP contribution is 2.21. The zero-order chi connectivity index (χ0) is 12.3. The summed E-state index contributed by atoms with van der Waals surface area (Å²) in [4.78, 5) is 0. The van der Waals surface area contributed by atoms with Gasteiger partial charge in [0.2, 0.25) is 5.44 Å². The smallest absolute Gasteiger partial charge is 0.296 e. The van der Waals surface area contributed by atoms with Crippen molar-refractivity contribution >= 4 is 10.1 Å². The van der Waals surface area contributed by atoms with Crippen LogP contribution in [0, 0.1) is 0 Å². The van der Waals surface area contributed by atoms with Gasteiger partial charge in [-0.2, -0.15) is 8.42 Å². The fraction of sp³-hybridized carbons (Fsp3) is 0.400. The fourth-order valence-electron chi connectivity index (χ4n) is 1.16. The molecule has 0 aliphatic rings. The summed E-state index contributed by atoms with van der Waals surface area (Å²) in [6.45, 7) is 3.72. The lowest BCUT2D eigenvalue weighted by atomic mass is 10.2. The van der Waals surface area contributed by atoms with Gasteiger partial charge < -0.3 is 9.84 Å². The van der Waals surface area contributed by atoms with Gasteiger partial charge in [-0.15, -0.1) is 0 Å². The molecule has 2 N–H and O–H groups in total. The molecule has 6 heteroatoms. The monoisotopic (exact) mass is 246 g/mol. The van der Waals surface area contributed by atoms with Crippen LogP contribution in [0.4, 0.5) is 0 Å². The van der Waals surface area contributed by atoms with Crippen LogP contribution in [-0.4, -0.2) is 24.2 Å². The van der Waals surface area contributed by atoms with Gasteiger partial charge in [0.15, 0.2) is 0 Å². The summed E-state index contributed by atoms with van der Waals surface area (Å²) in [5.41, 5.74) is -1.82. The highest BCUT2D eigenvalue weighted by Gasteiger charge is 2.21. The van der Waals surface area contributed by atoms with E-state index in [-0.39, 0.29) is 11.7 Å². The van der Waals surface area contributed by atoms with E-state index in [0.29, 0.717) is 5.75 Å². The van der Waals surface area contributed by atoms with Crippen molar-refractivity contribution in [2.75, 3.05) is 0 Å². The number of aliphatic hydroxyl groups excluding tert-OH is 1. The number of aliphatic hydroxyl groups is 1. The van der Waals surface area contributed by atoms with Crippen LogP contribution in [-0.2, 0) is 10.1 Å². The summed E-state index contributed by atoms with van der Waals surface area (Å²) in [6.07, 6.45) is 0.0114. The molecule has 0 unspecified atom stereocenters. The summed E-state index contributed by atoms with van der Waals surface area (Å²) < 4.78 is 35.3. The summed E-state index contributed by atoms with van der Waals surface area (Å²) in [7, 11) is -4.48. The first-order chi connectivity index (χ1) is 7.30. The van der Waals surface area contributed by atoms with E-state index in [9.17, 15) is 13.5 Å². The van der Waals surface area contributed by atoms with Crippen molar-refractivity contribution < 1.29 is 22.8 Å². The minimum atomic E-state index is -4.48. The zero-order valence-electron chi connectivity index (χ0n) is 8.99. The third-order valence-electron chi connectivity index (χ3n) is 1.82. The number of hydrogen-bond donors (Lipinski definition) is 2. The van der Waals surface area contributed by atoms with Crippen molar-refractivity contribution in [1.29, 1.82) is 0 Å². The fourth-order valence-corrected chi connectivity index (χ4v) is 1.66. The summed E-state index contributed by atoms with van der Waals surface area (Å²) in [5.74, 6) is 0.571. The molecule has 0 spiro atoms. The van der Waals surface area contributed by atoms with Crippen LogP contribution in [0.3, 0.4) is 0 Å². The Hall–Kier alpha value is -1.11. The molecular formula is C10H14O5S. The average Bonchev–Trinajstić information content (AvgIpc) is 2.15. The van der Waals surface area contributed by atoms with Crippen molar-refractivity contribution in [3.8, 4) is 5.75 Å². The van der Waals surface area contributed by atoms with Gasteiger partial charge in [-0.1, -0.05) is 12.1 Å². The minimum absolute atomic E-state index is 0.0114. The molecule has 90 valence electrons. The Kier molecular flexibility index (Phi) is 3.90. The second-order valence-corrected chi connectivity index (χ2v) is 5.08. The Labute approximate surface area is 94.4 Å². The van der Waals surface area contributed by atoms with Gasteiger partial charge >= 0.3 is 0 Å². The molecule has 0 fully saturated rings. The Morgan fingerprint density at radius 3 is 2.06 bits per heavy atom. The lowest BCUT2D eigenvalue weighted by Gasteiger charge is -2.11. The van der Waals surface area contributed by atoms with Crippen molar-refractivity contribution in [1.82, 2.24) is 0 Å². The third kappa shape index (κ3) is 3.48. The van der Waals surface area contributed by atoms with Crippen molar-refractivity contribution in [3.05, 3.63) is 29.8 Å². The van der Waals surface area contributed by atoms with Gasteiger partial charge in [0.25, 0.3) is 10.1 Å². The Morgan fingerprint density at radius 1 is 1.19 bits per heavy atom. The van der Waals surface area contributed by atoms with Crippen LogP contribution in [0.5, 0.6) is 5.75 Å². The van der Waals surface area contributed by atoms with Crippen molar-refractivity contribution in [2.45, 2.75) is 25.4 Å². The van der Waals surface area contributed by atoms with E-state index in [1.807, 2.05) is 13.8 Å². The Balaban J connectivity index is 2.87. The summed E-state index contributed by atoms with van der Waals surface area (Å²) in [5, 5.41) is 9.25. The molecular weight excluding hydrogens is 232 g/mol. The van der Waals surface area contributed by atoms with E-state index in [2.05, 4.69) is 0 Å². The van der Waals surface area contributed by atoms with E-state index in [4.69, 9.17) is 9.29 Å². The summed E-state index contributed by atoms with van der Waals surface area (Å²) >= 11 is 0. The van der Waals surface area contributed by atoms with Gasteiger partial charge in [-0.25, -0.2) is 0 Å². The zero-order valence-corrected chi connectivity index (χ0v) is 9.81. The van der Waals surface area contributed by atoms with Gasteiger partial charge in [0, 0.05) is 0 Å². The number of rotatable bonds is 4. The van der Waals surface area contributed by atoms with Crippen LogP contribution in [0.2, 0.25) is 0 Å². The van der Waals surface area contributed by atoms with Crippen LogP contribution in [0.15, 0.2) is 24.3 Å². The predicted octanol–water partition coefficient (Wildman–Crippen LogP) is 1.35. The van der Waals surface area contributed by atoms with E-state index < -0.39 is 15.6 Å². The van der Waals surface area contributed by atoms with E-state index in [1.54, 1.807) is 0 Å². The normalized spacial score (nSPS) is 13.8. The number of hydrogen-bond acceptors (Lipinski definition) is 4. The number of ether oxygens (including phenoxy) is 1. The maximum atomic E-state index is 10.7. The molecule has 16 heavy (non-hydrogen) atoms. The van der Waals surface area contributed by atoms with E-state index in [0.717, 1.165) is 0 Å². The molecule has 0 aliphatic carbocycles. The average molecular weight is 246 g/mol. The maximum absolute atomic E-state index is 10.7. The van der Waals surface area contributed by atoms with Crippen LogP contribution < -0.4 is 4.74 Å². The molecule has 0 heterocycles. The molecule has 1 atom stereocenters. The molecule has 0 radical (unpaired) electrons. The second kappa shape index (κ2) is 4.82. The van der Waals surface area contributed by atoms with Gasteiger partial charge in [-0.05, 0) is 31.5 Å². The molecule has 0 bridgehead atoms. The molecule has 1 aromatic rings. The van der Waals surface area contributed by atoms with E-state index in [1.165, 1.54) is 24.3 Å². The molecule has 0 aromatic heterocycles. The third-order valence-corrected chi connectivity index (χ3v) is 2.66. The second-order valence-electron chi connectivity index (χ2n) is 3.60. The molecule has 0 saturated carbocycles. The lowest BCUT2D eigenvalue weighted by molar-refractivity contribution is 0.235. The van der Waals surface area contributed by atoms with Gasteiger partial charge in [-0.3, -0.25) is 4.55 Å². The quantitative estimate of drug-likeness (QED) is 0.783. The Bertz CT molecular complexity index is 435. The first-order valence-corrected chi connectivity index (χ1v) is 6.22. The highest BCUT2D eigenvalue weighted by atomic mass is 32.2. The van der Waals surface area contributed by atoms with Crippen LogP contribution in [0.25, 0.3) is 0 Å². The molecule has 0 amide bonds. The van der Waals surface area contributed by atoms with Gasteiger partial charge in [0.05, 0.1) is 6.10 Å². The standard InChI is InChI=1S/C10H14O5S/c1-7(2)15-9-5-3-8(4-6-9)10(11)16(12,13)14/h3-7,10-11H,1-2H3,(H,12,13,14)/t10-/m1/s1. The molecule has 0 saturated heterocycles. The number of benzene rings is 1. The first-order valence-electron chi connectivity index (χ1n) is 4.71. The van der Waals surface area contributed by atoms with Crippen molar-refractivity contribution in [3.63, 3.8) is 0 Å². The van der Waals surface area contributed by atoms with Crippen LogP contribution in [0.1, 0.15) is 24.8 Å². The molecule has 0 aliphatic heterocycles. The highest BCUT2D eigenvalue weighted by molar-refractivity contribution is 7.85. The lowest BCUT2D eigenvalue weighted by Crippen LogP contribution is -2.11. The largest absolute Gasteiger partial charge is 0.491 e. The van der Waals surface area contributed by atoms with Gasteiger partial charge in [0.1, 0.15) is 5.75 Å². The Morgan fingerprint density at radius 2 is 1.69 bits per heavy atom. The molecule has 5 nitrogen and oxygen atoms in total. The van der Waals surface area contributed by atoms with E-state index >= 15 is 0 Å². The first kappa shape index (κ1) is 13.0. The SMILES string of the molecule is CC(C)Oc1ccc([C@H](O)S(=O)(=O)O)cc1. The minimum Gasteiger partial charge on any atom is -0.491 e. The molecule has 1 rings (SSSR count). The summed E-state index contributed by atoms with van der Waals surface area (Å²) in [6, 6.07) is 5.83.